The number of rotatable bonds is 9. The van der Waals surface area contributed by atoms with Crippen molar-refractivity contribution in [1.82, 2.24) is 5.32 Å². The van der Waals surface area contributed by atoms with E-state index in [0.717, 1.165) is 46.9 Å². The average molecular weight is 478 g/mol. The normalized spacial score (nSPS) is 14.9. The first kappa shape index (κ1) is 23.7. The Morgan fingerprint density at radius 2 is 1.44 bits per heavy atom. The second kappa shape index (κ2) is 11.6. The first-order valence-electron chi connectivity index (χ1n) is 12.3. The quantitative estimate of drug-likeness (QED) is 0.289. The van der Waals surface area contributed by atoms with Gasteiger partial charge in [-0.3, -0.25) is 0 Å². The number of hydrogen-bond donors (Lipinski definition) is 1. The van der Waals surface area contributed by atoms with Gasteiger partial charge < -0.3 is 19.5 Å². The topological polar surface area (TPSA) is 39.7 Å². The molecule has 1 aliphatic heterocycles. The van der Waals surface area contributed by atoms with Gasteiger partial charge in [-0.15, -0.1) is 0 Å². The molecule has 0 aliphatic carbocycles. The summed E-state index contributed by atoms with van der Waals surface area (Å²) >= 11 is 0. The molecule has 1 aliphatic rings. The molecule has 0 fully saturated rings. The molecule has 4 aromatic carbocycles. The molecule has 0 radical (unpaired) electrons. The van der Waals surface area contributed by atoms with Crippen molar-refractivity contribution in [1.29, 1.82) is 0 Å². The Hall–Kier alpha value is -4.02. The molecule has 1 atom stereocenters. The van der Waals surface area contributed by atoms with Gasteiger partial charge in [-0.05, 0) is 58.5 Å². The van der Waals surface area contributed by atoms with Crippen LogP contribution < -0.4 is 19.5 Å². The lowest BCUT2D eigenvalue weighted by molar-refractivity contribution is 0.283. The van der Waals surface area contributed by atoms with Crippen LogP contribution in [0.4, 0.5) is 0 Å². The summed E-state index contributed by atoms with van der Waals surface area (Å²) in [7, 11) is 1.70. The Bertz CT molecular complexity index is 1280. The van der Waals surface area contributed by atoms with Gasteiger partial charge in [-0.2, -0.15) is 0 Å². The van der Waals surface area contributed by atoms with E-state index in [1.165, 1.54) is 11.1 Å². The van der Waals surface area contributed by atoms with Crippen LogP contribution in [0.25, 0.3) is 6.08 Å². The van der Waals surface area contributed by atoms with Crippen molar-refractivity contribution < 1.29 is 14.2 Å². The molecule has 4 aromatic rings. The molecule has 0 aromatic heterocycles. The fourth-order valence-electron chi connectivity index (χ4n) is 4.40. The molecule has 0 spiro atoms. The molecule has 1 N–H and O–H groups in total. The summed E-state index contributed by atoms with van der Waals surface area (Å²) in [6.45, 7) is 1.99. The Morgan fingerprint density at radius 3 is 2.11 bits per heavy atom. The second-order valence-corrected chi connectivity index (χ2v) is 8.86. The fraction of sp³-hybridized carbons (Fsp3) is 0.188. The van der Waals surface area contributed by atoms with Crippen molar-refractivity contribution in [2.24, 2.45) is 0 Å². The van der Waals surface area contributed by atoms with Crippen LogP contribution in [0.3, 0.4) is 0 Å². The van der Waals surface area contributed by atoms with Crippen LogP contribution in [0.2, 0.25) is 0 Å². The predicted octanol–water partition coefficient (Wildman–Crippen LogP) is 6.75. The Labute approximate surface area is 213 Å². The van der Waals surface area contributed by atoms with E-state index in [-0.39, 0.29) is 6.04 Å². The molecule has 0 amide bonds. The third-order valence-corrected chi connectivity index (χ3v) is 6.37. The second-order valence-electron chi connectivity index (χ2n) is 8.86. The van der Waals surface area contributed by atoms with Crippen LogP contribution in [0.15, 0.2) is 103 Å². The maximum atomic E-state index is 6.17. The average Bonchev–Trinajstić information content (AvgIpc) is 2.95. The third kappa shape index (κ3) is 5.96. The van der Waals surface area contributed by atoms with E-state index in [0.29, 0.717) is 13.2 Å². The maximum Gasteiger partial charge on any atom is 0.162 e. The number of methoxy groups -OCH3 is 1. The van der Waals surface area contributed by atoms with E-state index in [1.54, 1.807) is 7.11 Å². The van der Waals surface area contributed by atoms with Gasteiger partial charge in [0.05, 0.1) is 13.2 Å². The summed E-state index contributed by atoms with van der Waals surface area (Å²) in [6.07, 6.45) is 5.33. The molecular weight excluding hydrogens is 446 g/mol. The molecule has 36 heavy (non-hydrogen) atoms. The van der Waals surface area contributed by atoms with E-state index in [2.05, 4.69) is 66.0 Å². The zero-order chi connectivity index (χ0) is 24.6. The SMILES string of the molecule is COc1cc2c(cc1OCc1ccccc1)C(C=Cc1ccc(OCc3ccccc3)cc1)NCC2. The minimum absolute atomic E-state index is 0.104. The Balaban J connectivity index is 1.27. The largest absolute Gasteiger partial charge is 0.493 e. The minimum atomic E-state index is 0.104. The van der Waals surface area contributed by atoms with Crippen molar-refractivity contribution in [2.45, 2.75) is 25.7 Å². The minimum Gasteiger partial charge on any atom is -0.493 e. The summed E-state index contributed by atoms with van der Waals surface area (Å²) in [5.74, 6) is 2.41. The highest BCUT2D eigenvalue weighted by atomic mass is 16.5. The van der Waals surface area contributed by atoms with Gasteiger partial charge in [0.2, 0.25) is 0 Å². The highest BCUT2D eigenvalue weighted by Crippen LogP contribution is 2.36. The fourth-order valence-corrected chi connectivity index (χ4v) is 4.40. The highest BCUT2D eigenvalue weighted by molar-refractivity contribution is 5.55. The van der Waals surface area contributed by atoms with Gasteiger partial charge in [0, 0.05) is 6.54 Å². The monoisotopic (exact) mass is 477 g/mol. The molecule has 4 nitrogen and oxygen atoms in total. The van der Waals surface area contributed by atoms with E-state index in [1.807, 2.05) is 48.5 Å². The third-order valence-electron chi connectivity index (χ3n) is 6.37. The zero-order valence-corrected chi connectivity index (χ0v) is 20.5. The van der Waals surface area contributed by atoms with Crippen molar-refractivity contribution >= 4 is 6.08 Å². The lowest BCUT2D eigenvalue weighted by Crippen LogP contribution is -2.28. The van der Waals surface area contributed by atoms with Gasteiger partial charge in [0.15, 0.2) is 11.5 Å². The van der Waals surface area contributed by atoms with Crippen LogP contribution in [0, 0.1) is 0 Å². The summed E-state index contributed by atoms with van der Waals surface area (Å²) in [4.78, 5) is 0. The molecule has 0 saturated carbocycles. The number of benzene rings is 4. The highest BCUT2D eigenvalue weighted by Gasteiger charge is 2.21. The molecule has 1 unspecified atom stereocenters. The van der Waals surface area contributed by atoms with Gasteiger partial charge in [-0.1, -0.05) is 84.9 Å². The Kier molecular flexibility index (Phi) is 7.64. The van der Waals surface area contributed by atoms with Crippen LogP contribution >= 0.6 is 0 Å². The maximum absolute atomic E-state index is 6.17. The first-order valence-corrected chi connectivity index (χ1v) is 12.3. The summed E-state index contributed by atoms with van der Waals surface area (Å²) < 4.78 is 17.7. The predicted molar refractivity (Wildman–Crippen MR) is 144 cm³/mol. The smallest absolute Gasteiger partial charge is 0.162 e. The van der Waals surface area contributed by atoms with Crippen molar-refractivity contribution in [3.8, 4) is 17.2 Å². The lowest BCUT2D eigenvalue weighted by Gasteiger charge is -2.26. The zero-order valence-electron chi connectivity index (χ0n) is 20.5. The van der Waals surface area contributed by atoms with Crippen LogP contribution in [-0.4, -0.2) is 13.7 Å². The van der Waals surface area contributed by atoms with Crippen LogP contribution in [0.1, 0.15) is 33.9 Å². The molecule has 182 valence electrons. The number of hydrogen-bond acceptors (Lipinski definition) is 4. The van der Waals surface area contributed by atoms with Gasteiger partial charge in [0.25, 0.3) is 0 Å². The summed E-state index contributed by atoms with van der Waals surface area (Å²) in [5.41, 5.74) is 5.93. The molecule has 4 heteroatoms. The van der Waals surface area contributed by atoms with Crippen LogP contribution in [-0.2, 0) is 19.6 Å². The van der Waals surface area contributed by atoms with E-state index in [4.69, 9.17) is 14.2 Å². The summed E-state index contributed by atoms with van der Waals surface area (Å²) in [6, 6.07) is 33.0. The van der Waals surface area contributed by atoms with Crippen molar-refractivity contribution in [2.75, 3.05) is 13.7 Å². The van der Waals surface area contributed by atoms with E-state index < -0.39 is 0 Å². The van der Waals surface area contributed by atoms with Gasteiger partial charge in [0.1, 0.15) is 19.0 Å². The number of ether oxygens (including phenoxy) is 3. The van der Waals surface area contributed by atoms with Gasteiger partial charge >= 0.3 is 0 Å². The molecular formula is C32H31NO3. The first-order chi connectivity index (χ1) is 17.8. The Morgan fingerprint density at radius 1 is 0.778 bits per heavy atom. The lowest BCUT2D eigenvalue weighted by atomic mass is 9.93. The molecule has 5 rings (SSSR count). The number of nitrogens with one attached hydrogen (secondary N) is 1. The van der Waals surface area contributed by atoms with E-state index in [9.17, 15) is 0 Å². The standard InChI is InChI=1S/C32H31NO3/c1-34-31-20-27-18-19-33-30(29(27)21-32(31)36-23-26-10-6-3-7-11-26)17-14-24-12-15-28(16-13-24)35-22-25-8-4-2-5-9-25/h2-17,20-21,30,33H,18-19,22-23H2,1H3. The number of fused-ring (bicyclic) bond motifs is 1. The van der Waals surface area contributed by atoms with Crippen molar-refractivity contribution in [3.05, 3.63) is 131 Å². The van der Waals surface area contributed by atoms with Gasteiger partial charge in [-0.25, -0.2) is 0 Å². The van der Waals surface area contributed by atoms with E-state index >= 15 is 0 Å². The molecule has 1 heterocycles. The van der Waals surface area contributed by atoms with Crippen LogP contribution in [0.5, 0.6) is 17.2 Å². The van der Waals surface area contributed by atoms with Crippen molar-refractivity contribution in [3.63, 3.8) is 0 Å². The molecule has 0 bridgehead atoms. The summed E-state index contributed by atoms with van der Waals surface area (Å²) in [5, 5.41) is 3.63. The molecule has 0 saturated heterocycles.